The first-order chi connectivity index (χ1) is 4.99. The summed E-state index contributed by atoms with van der Waals surface area (Å²) in [5.41, 5.74) is 0.389. The third-order valence-corrected chi connectivity index (χ3v) is 1.24. The van der Waals surface area contributed by atoms with Gasteiger partial charge in [0.25, 0.3) is 0 Å². The van der Waals surface area contributed by atoms with Crippen molar-refractivity contribution in [3.05, 3.63) is 17.5 Å². The number of hydrogen-bond donors (Lipinski definition) is 0. The van der Waals surface area contributed by atoms with E-state index >= 15 is 0 Å². The van der Waals surface area contributed by atoms with Crippen molar-refractivity contribution in [2.24, 2.45) is 0 Å². The molecule has 0 aliphatic carbocycles. The zero-order chi connectivity index (χ0) is 8.48. The van der Waals surface area contributed by atoms with Crippen molar-refractivity contribution in [1.82, 2.24) is 5.16 Å². The molecule has 0 aromatic carbocycles. The van der Waals surface area contributed by atoms with E-state index in [4.69, 9.17) is 0 Å². The van der Waals surface area contributed by atoms with Gasteiger partial charge < -0.3 is 4.52 Å². The molecule has 0 radical (unpaired) electrons. The fourth-order valence-corrected chi connectivity index (χ4v) is 0.698. The quantitative estimate of drug-likeness (QED) is 0.636. The van der Waals surface area contributed by atoms with Gasteiger partial charge in [0.15, 0.2) is 0 Å². The van der Waals surface area contributed by atoms with Gasteiger partial charge in [-0.15, -0.1) is 0 Å². The van der Waals surface area contributed by atoms with Crippen LogP contribution in [-0.4, -0.2) is 11.3 Å². The van der Waals surface area contributed by atoms with Crippen LogP contribution < -0.4 is 0 Å². The Morgan fingerprint density at radius 1 is 1.55 bits per heavy atom. The average Bonchev–Trinajstić information content (AvgIpc) is 2.12. The number of rotatable bonds is 1. The summed E-state index contributed by atoms with van der Waals surface area (Å²) in [6, 6.07) is 0. The molecular weight excluding hydrogens is 159 g/mol. The number of aryl methyl sites for hydroxylation is 1. The Balaban J connectivity index is 2.72. The smallest absolute Gasteiger partial charge is 0.364 e. The molecule has 11 heavy (non-hydrogen) atoms. The molecule has 0 saturated heterocycles. The van der Waals surface area contributed by atoms with Crippen LogP contribution in [-0.2, 0) is 6.42 Å². The summed E-state index contributed by atoms with van der Waals surface area (Å²) in [6.45, 7) is 1.48. The van der Waals surface area contributed by atoms with E-state index in [9.17, 15) is 13.2 Å². The van der Waals surface area contributed by atoms with Gasteiger partial charge in [-0.3, -0.25) is 0 Å². The molecule has 1 aromatic rings. The molecule has 2 nitrogen and oxygen atoms in total. The van der Waals surface area contributed by atoms with Crippen LogP contribution in [0.15, 0.2) is 10.8 Å². The monoisotopic (exact) mass is 165 g/mol. The fraction of sp³-hybridized carbons (Fsp3) is 0.500. The van der Waals surface area contributed by atoms with Crippen LogP contribution in [0.2, 0.25) is 0 Å². The molecule has 0 amide bonds. The highest BCUT2D eigenvalue weighted by atomic mass is 19.4. The highest BCUT2D eigenvalue weighted by molar-refractivity contribution is 5.13. The molecule has 0 aliphatic heterocycles. The van der Waals surface area contributed by atoms with Crippen LogP contribution in [0.25, 0.3) is 0 Å². The van der Waals surface area contributed by atoms with Gasteiger partial charge in [-0.2, -0.15) is 13.2 Å². The maximum Gasteiger partial charge on any atom is 0.393 e. The van der Waals surface area contributed by atoms with Crippen LogP contribution in [0.4, 0.5) is 13.2 Å². The second-order valence-electron chi connectivity index (χ2n) is 2.22. The van der Waals surface area contributed by atoms with Crippen molar-refractivity contribution >= 4 is 0 Å². The summed E-state index contributed by atoms with van der Waals surface area (Å²) in [6.07, 6.45) is -4.14. The van der Waals surface area contributed by atoms with E-state index in [1.807, 2.05) is 0 Å². The number of alkyl halides is 3. The topological polar surface area (TPSA) is 26.0 Å². The summed E-state index contributed by atoms with van der Waals surface area (Å²) in [5, 5.41) is 3.33. The Labute approximate surface area is 61.0 Å². The lowest BCUT2D eigenvalue weighted by molar-refractivity contribution is -0.127. The summed E-state index contributed by atoms with van der Waals surface area (Å²) >= 11 is 0. The van der Waals surface area contributed by atoms with Crippen molar-refractivity contribution in [1.29, 1.82) is 0 Å². The molecule has 0 aliphatic rings. The number of aromatic nitrogens is 1. The summed E-state index contributed by atoms with van der Waals surface area (Å²) < 4.78 is 39.5. The fourth-order valence-electron chi connectivity index (χ4n) is 0.698. The summed E-state index contributed by atoms with van der Waals surface area (Å²) in [7, 11) is 0. The number of nitrogens with zero attached hydrogens (tertiary/aromatic N) is 1. The summed E-state index contributed by atoms with van der Waals surface area (Å²) in [5.74, 6) is 0. The highest BCUT2D eigenvalue weighted by Crippen LogP contribution is 2.22. The molecule has 1 heterocycles. The molecule has 1 rings (SSSR count). The average molecular weight is 165 g/mol. The maximum atomic E-state index is 11.7. The minimum Gasteiger partial charge on any atom is -0.364 e. The van der Waals surface area contributed by atoms with Gasteiger partial charge >= 0.3 is 6.18 Å². The second-order valence-corrected chi connectivity index (χ2v) is 2.22. The van der Waals surface area contributed by atoms with Gasteiger partial charge in [-0.25, -0.2) is 0 Å². The van der Waals surface area contributed by atoms with E-state index < -0.39 is 12.6 Å². The minimum absolute atomic E-state index is 0.0949. The molecular formula is C6H6F3NO. The van der Waals surface area contributed by atoms with Gasteiger partial charge in [0, 0.05) is 5.56 Å². The van der Waals surface area contributed by atoms with E-state index in [0.29, 0.717) is 5.69 Å². The van der Waals surface area contributed by atoms with Gasteiger partial charge in [0.05, 0.1) is 12.1 Å². The van der Waals surface area contributed by atoms with E-state index in [-0.39, 0.29) is 5.56 Å². The van der Waals surface area contributed by atoms with Crippen molar-refractivity contribution in [2.45, 2.75) is 19.5 Å². The highest BCUT2D eigenvalue weighted by Gasteiger charge is 2.29. The van der Waals surface area contributed by atoms with Gasteiger partial charge in [0.1, 0.15) is 6.26 Å². The SMILES string of the molecule is Cc1nocc1CC(F)(F)F. The number of halogens is 3. The molecule has 0 bridgehead atoms. The zero-order valence-corrected chi connectivity index (χ0v) is 5.77. The van der Waals surface area contributed by atoms with E-state index in [0.717, 1.165) is 6.26 Å². The second kappa shape index (κ2) is 2.56. The molecule has 62 valence electrons. The molecule has 0 saturated carbocycles. The largest absolute Gasteiger partial charge is 0.393 e. The molecule has 0 unspecified atom stereocenters. The zero-order valence-electron chi connectivity index (χ0n) is 5.77. The molecule has 0 fully saturated rings. The Morgan fingerprint density at radius 3 is 2.55 bits per heavy atom. The Bertz CT molecular complexity index is 240. The van der Waals surface area contributed by atoms with Crippen LogP contribution in [0.3, 0.4) is 0 Å². The predicted octanol–water partition coefficient (Wildman–Crippen LogP) is 2.09. The standard InChI is InChI=1S/C6H6F3NO/c1-4-5(3-11-10-4)2-6(7,8)9/h3H,2H2,1H3. The molecule has 0 spiro atoms. The molecule has 0 atom stereocenters. The van der Waals surface area contributed by atoms with E-state index in [1.54, 1.807) is 0 Å². The Hall–Kier alpha value is -1.00. The lowest BCUT2D eigenvalue weighted by Gasteiger charge is -2.02. The lowest BCUT2D eigenvalue weighted by atomic mass is 10.2. The summed E-state index contributed by atoms with van der Waals surface area (Å²) in [4.78, 5) is 0. The minimum atomic E-state index is -4.18. The van der Waals surface area contributed by atoms with Crippen molar-refractivity contribution < 1.29 is 17.7 Å². The van der Waals surface area contributed by atoms with Gasteiger partial charge in [-0.05, 0) is 6.92 Å². The van der Waals surface area contributed by atoms with Crippen LogP contribution in [0.1, 0.15) is 11.3 Å². The van der Waals surface area contributed by atoms with Crippen molar-refractivity contribution in [3.63, 3.8) is 0 Å². The predicted molar refractivity (Wildman–Crippen MR) is 31.0 cm³/mol. The third kappa shape index (κ3) is 2.25. The molecule has 5 heteroatoms. The normalized spacial score (nSPS) is 12.0. The molecule has 0 N–H and O–H groups in total. The first-order valence-corrected chi connectivity index (χ1v) is 2.95. The first kappa shape index (κ1) is 8.10. The van der Waals surface area contributed by atoms with Crippen molar-refractivity contribution in [3.8, 4) is 0 Å². The van der Waals surface area contributed by atoms with Crippen LogP contribution >= 0.6 is 0 Å². The van der Waals surface area contributed by atoms with Gasteiger partial charge in [-0.1, -0.05) is 5.16 Å². The number of hydrogen-bond acceptors (Lipinski definition) is 2. The van der Waals surface area contributed by atoms with Crippen LogP contribution in [0.5, 0.6) is 0 Å². The maximum absolute atomic E-state index is 11.7. The Kier molecular flexibility index (Phi) is 1.89. The van der Waals surface area contributed by atoms with Crippen molar-refractivity contribution in [2.75, 3.05) is 0 Å². The van der Waals surface area contributed by atoms with E-state index in [1.165, 1.54) is 6.92 Å². The van der Waals surface area contributed by atoms with Crippen LogP contribution in [0, 0.1) is 6.92 Å². The molecule has 1 aromatic heterocycles. The first-order valence-electron chi connectivity index (χ1n) is 2.95. The van der Waals surface area contributed by atoms with Gasteiger partial charge in [0.2, 0.25) is 0 Å². The van der Waals surface area contributed by atoms with E-state index in [2.05, 4.69) is 9.68 Å². The lowest BCUT2D eigenvalue weighted by Crippen LogP contribution is -2.11. The third-order valence-electron chi connectivity index (χ3n) is 1.24. The Morgan fingerprint density at radius 2 is 2.18 bits per heavy atom.